The third-order valence-corrected chi connectivity index (χ3v) is 3.16. The molecule has 5 nitrogen and oxygen atoms in total. The van der Waals surface area contributed by atoms with E-state index < -0.39 is 0 Å². The van der Waals surface area contributed by atoms with E-state index in [9.17, 15) is 14.0 Å². The zero-order valence-electron chi connectivity index (χ0n) is 13.8. The number of carbonyl (C=O) groups excluding carboxylic acids is 2. The highest BCUT2D eigenvalue weighted by Crippen LogP contribution is 2.15. The maximum Gasteiger partial charge on any atom is 0.257 e. The summed E-state index contributed by atoms with van der Waals surface area (Å²) in [5.74, 6) is -0.284. The molecule has 0 aliphatic heterocycles. The monoisotopic (exact) mass is 342 g/mol. The summed E-state index contributed by atoms with van der Waals surface area (Å²) in [6, 6.07) is 12.5. The largest absolute Gasteiger partial charge is 0.484 e. The minimum Gasteiger partial charge on any atom is -0.484 e. The van der Waals surface area contributed by atoms with Crippen LogP contribution >= 0.6 is 0 Å². The summed E-state index contributed by atoms with van der Waals surface area (Å²) in [5, 5.41) is 5.34. The van der Waals surface area contributed by atoms with Gasteiger partial charge in [0.2, 0.25) is 5.91 Å². The van der Waals surface area contributed by atoms with Crippen molar-refractivity contribution in [1.82, 2.24) is 5.32 Å². The highest BCUT2D eigenvalue weighted by molar-refractivity contribution is 6.01. The highest BCUT2D eigenvalue weighted by Gasteiger charge is 2.02. The average molecular weight is 342 g/mol. The number of anilines is 1. The topological polar surface area (TPSA) is 67.4 Å². The predicted molar refractivity (Wildman–Crippen MR) is 94.7 cm³/mol. The van der Waals surface area contributed by atoms with Crippen molar-refractivity contribution in [2.75, 3.05) is 18.5 Å². The van der Waals surface area contributed by atoms with Crippen molar-refractivity contribution in [2.24, 2.45) is 0 Å². The molecule has 0 aromatic heterocycles. The number of likely N-dealkylation sites (N-methyl/N-ethyl adjacent to an activating group) is 1. The Kier molecular flexibility index (Phi) is 6.71. The van der Waals surface area contributed by atoms with Gasteiger partial charge in [-0.1, -0.05) is 12.1 Å². The first kappa shape index (κ1) is 18.2. The quantitative estimate of drug-likeness (QED) is 0.760. The van der Waals surface area contributed by atoms with Gasteiger partial charge < -0.3 is 15.4 Å². The van der Waals surface area contributed by atoms with Gasteiger partial charge in [0.05, 0.1) is 0 Å². The molecule has 2 amide bonds. The van der Waals surface area contributed by atoms with Gasteiger partial charge in [0, 0.05) is 18.3 Å². The van der Waals surface area contributed by atoms with Crippen LogP contribution in [0.25, 0.3) is 6.08 Å². The fourth-order valence-corrected chi connectivity index (χ4v) is 1.96. The molecule has 0 aliphatic rings. The molecule has 2 rings (SSSR count). The number of hydrogen-bond donors (Lipinski definition) is 2. The number of hydrogen-bond acceptors (Lipinski definition) is 3. The number of carbonyl (C=O) groups is 2. The summed E-state index contributed by atoms with van der Waals surface area (Å²) in [6.45, 7) is 2.33. The Labute approximate surface area is 145 Å². The molecule has 2 N–H and O–H groups in total. The molecule has 130 valence electrons. The van der Waals surface area contributed by atoms with Gasteiger partial charge in [0.15, 0.2) is 6.61 Å². The van der Waals surface area contributed by atoms with Crippen LogP contribution in [0.2, 0.25) is 0 Å². The van der Waals surface area contributed by atoms with Crippen molar-refractivity contribution in [3.8, 4) is 5.75 Å². The van der Waals surface area contributed by atoms with Crippen molar-refractivity contribution in [1.29, 1.82) is 0 Å². The Bertz CT molecular complexity index is 740. The van der Waals surface area contributed by atoms with Crippen molar-refractivity contribution < 1.29 is 18.7 Å². The Morgan fingerprint density at radius 3 is 2.40 bits per heavy atom. The predicted octanol–water partition coefficient (Wildman–Crippen LogP) is 2.99. The second kappa shape index (κ2) is 9.22. The SMILES string of the molecule is CCNC(=O)COc1ccc(NC(=O)/C=C/c2ccc(F)cc2)cc1. The van der Waals surface area contributed by atoms with E-state index in [1.165, 1.54) is 18.2 Å². The molecule has 0 saturated heterocycles. The van der Waals surface area contributed by atoms with E-state index in [4.69, 9.17) is 4.74 Å². The summed E-state index contributed by atoms with van der Waals surface area (Å²) >= 11 is 0. The Morgan fingerprint density at radius 1 is 1.08 bits per heavy atom. The van der Waals surface area contributed by atoms with E-state index in [0.717, 1.165) is 5.56 Å². The second-order valence-corrected chi connectivity index (χ2v) is 5.14. The van der Waals surface area contributed by atoms with Gasteiger partial charge in [-0.2, -0.15) is 0 Å². The summed E-state index contributed by atoms with van der Waals surface area (Å²) < 4.78 is 18.1. The molecule has 0 spiro atoms. The highest BCUT2D eigenvalue weighted by atomic mass is 19.1. The normalized spacial score (nSPS) is 10.5. The first-order valence-corrected chi connectivity index (χ1v) is 7.81. The maximum absolute atomic E-state index is 12.8. The molecule has 0 aliphatic carbocycles. The van der Waals surface area contributed by atoms with E-state index in [2.05, 4.69) is 10.6 Å². The fourth-order valence-electron chi connectivity index (χ4n) is 1.96. The van der Waals surface area contributed by atoms with Crippen LogP contribution in [0.5, 0.6) is 5.75 Å². The minimum atomic E-state index is -0.323. The molecule has 0 bridgehead atoms. The number of halogens is 1. The summed E-state index contributed by atoms with van der Waals surface area (Å²) in [7, 11) is 0. The van der Waals surface area contributed by atoms with Crippen LogP contribution in [0, 0.1) is 5.82 Å². The Hall–Kier alpha value is -3.15. The van der Waals surface area contributed by atoms with E-state index in [1.54, 1.807) is 42.5 Å². The third-order valence-electron chi connectivity index (χ3n) is 3.16. The second-order valence-electron chi connectivity index (χ2n) is 5.14. The van der Waals surface area contributed by atoms with Crippen LogP contribution in [0.1, 0.15) is 12.5 Å². The smallest absolute Gasteiger partial charge is 0.257 e. The molecule has 0 heterocycles. The minimum absolute atomic E-state index is 0.0556. The standard InChI is InChI=1S/C19H19FN2O3/c1-2-21-19(24)13-25-17-10-8-16(9-11-17)22-18(23)12-5-14-3-6-15(20)7-4-14/h3-12H,2,13H2,1H3,(H,21,24)(H,22,23)/b12-5+. The molecule has 25 heavy (non-hydrogen) atoms. The molecular weight excluding hydrogens is 323 g/mol. The molecular formula is C19H19FN2O3. The number of amides is 2. The maximum atomic E-state index is 12.8. The lowest BCUT2D eigenvalue weighted by atomic mass is 10.2. The van der Waals surface area contributed by atoms with Crippen molar-refractivity contribution in [2.45, 2.75) is 6.92 Å². The molecule has 0 fully saturated rings. The van der Waals surface area contributed by atoms with Gasteiger partial charge in [-0.05, 0) is 55.0 Å². The van der Waals surface area contributed by atoms with Gasteiger partial charge in [0.25, 0.3) is 5.91 Å². The lowest BCUT2D eigenvalue weighted by molar-refractivity contribution is -0.123. The van der Waals surface area contributed by atoms with Gasteiger partial charge in [0.1, 0.15) is 11.6 Å². The van der Waals surface area contributed by atoms with E-state index in [1.807, 2.05) is 6.92 Å². The molecule has 0 saturated carbocycles. The summed E-state index contributed by atoms with van der Waals surface area (Å²) in [5.41, 5.74) is 1.32. The lowest BCUT2D eigenvalue weighted by Crippen LogP contribution is -2.28. The number of ether oxygens (including phenoxy) is 1. The first-order chi connectivity index (χ1) is 12.1. The van der Waals surface area contributed by atoms with Gasteiger partial charge in [-0.15, -0.1) is 0 Å². The van der Waals surface area contributed by atoms with Gasteiger partial charge >= 0.3 is 0 Å². The fraction of sp³-hybridized carbons (Fsp3) is 0.158. The van der Waals surface area contributed by atoms with Crippen molar-refractivity contribution in [3.05, 3.63) is 66.0 Å². The first-order valence-electron chi connectivity index (χ1n) is 7.81. The molecule has 0 radical (unpaired) electrons. The van der Waals surface area contributed by atoms with Crippen LogP contribution in [-0.2, 0) is 9.59 Å². The molecule has 6 heteroatoms. The molecule has 0 atom stereocenters. The van der Waals surface area contributed by atoms with E-state index in [-0.39, 0.29) is 24.2 Å². The van der Waals surface area contributed by atoms with Crippen LogP contribution in [-0.4, -0.2) is 25.0 Å². The molecule has 2 aromatic carbocycles. The summed E-state index contributed by atoms with van der Waals surface area (Å²) in [6.07, 6.45) is 2.96. The Balaban J connectivity index is 1.84. The van der Waals surface area contributed by atoms with E-state index >= 15 is 0 Å². The molecule has 2 aromatic rings. The zero-order valence-corrected chi connectivity index (χ0v) is 13.8. The van der Waals surface area contributed by atoms with Crippen molar-refractivity contribution in [3.63, 3.8) is 0 Å². The zero-order chi connectivity index (χ0) is 18.1. The van der Waals surface area contributed by atoms with Crippen LogP contribution < -0.4 is 15.4 Å². The number of benzene rings is 2. The molecule has 0 unspecified atom stereocenters. The average Bonchev–Trinajstić information content (AvgIpc) is 2.61. The van der Waals surface area contributed by atoms with Gasteiger partial charge in [-0.25, -0.2) is 4.39 Å². The van der Waals surface area contributed by atoms with E-state index in [0.29, 0.717) is 18.0 Å². The van der Waals surface area contributed by atoms with Crippen LogP contribution in [0.3, 0.4) is 0 Å². The van der Waals surface area contributed by atoms with Crippen molar-refractivity contribution >= 4 is 23.6 Å². The van der Waals surface area contributed by atoms with Gasteiger partial charge in [-0.3, -0.25) is 9.59 Å². The summed E-state index contributed by atoms with van der Waals surface area (Å²) in [4.78, 5) is 23.2. The number of rotatable bonds is 7. The lowest BCUT2D eigenvalue weighted by Gasteiger charge is -2.07. The third kappa shape index (κ3) is 6.47. The van der Waals surface area contributed by atoms with Crippen LogP contribution in [0.15, 0.2) is 54.6 Å². The Morgan fingerprint density at radius 2 is 1.76 bits per heavy atom. The van der Waals surface area contributed by atoms with Crippen LogP contribution in [0.4, 0.5) is 10.1 Å². The number of nitrogens with one attached hydrogen (secondary N) is 2.